The molecule has 0 spiro atoms. The molecule has 0 aliphatic heterocycles. The first-order chi connectivity index (χ1) is 8.74. The lowest BCUT2D eigenvalue weighted by molar-refractivity contribution is -0.122. The van der Waals surface area contributed by atoms with Crippen molar-refractivity contribution >= 4 is 17.7 Å². The van der Waals surface area contributed by atoms with Gasteiger partial charge < -0.3 is 11.1 Å². The van der Waals surface area contributed by atoms with Crippen LogP contribution in [0.5, 0.6) is 0 Å². The monoisotopic (exact) mass is 262 g/mol. The standard InChI is InChI=1S/C14H18N2OS/c1-2-9-18-10-8-16-14(17)13(15)11-12-6-4-3-5-7-12/h1,3-7,13H,8-11,15H2,(H,16,17). The van der Waals surface area contributed by atoms with Crippen molar-refractivity contribution in [3.63, 3.8) is 0 Å². The fourth-order valence-corrected chi connectivity index (χ4v) is 1.98. The first-order valence-electron chi connectivity index (χ1n) is 5.82. The number of hydrogen-bond acceptors (Lipinski definition) is 3. The van der Waals surface area contributed by atoms with Crippen molar-refractivity contribution in [3.05, 3.63) is 35.9 Å². The topological polar surface area (TPSA) is 55.1 Å². The average Bonchev–Trinajstić information content (AvgIpc) is 2.39. The number of amides is 1. The van der Waals surface area contributed by atoms with Crippen LogP contribution in [0.4, 0.5) is 0 Å². The number of nitrogens with one attached hydrogen (secondary N) is 1. The Morgan fingerprint density at radius 2 is 2.17 bits per heavy atom. The molecule has 1 aromatic rings. The lowest BCUT2D eigenvalue weighted by Gasteiger charge is -2.12. The maximum Gasteiger partial charge on any atom is 0.237 e. The Labute approximate surface area is 113 Å². The second-order valence-electron chi connectivity index (χ2n) is 3.84. The van der Waals surface area contributed by atoms with Crippen LogP contribution < -0.4 is 11.1 Å². The van der Waals surface area contributed by atoms with Crippen LogP contribution in [0.25, 0.3) is 0 Å². The van der Waals surface area contributed by atoms with Gasteiger partial charge in [0.2, 0.25) is 5.91 Å². The first-order valence-corrected chi connectivity index (χ1v) is 6.98. The molecular weight excluding hydrogens is 244 g/mol. The van der Waals surface area contributed by atoms with Gasteiger partial charge in [-0.2, -0.15) is 0 Å². The minimum Gasteiger partial charge on any atom is -0.354 e. The van der Waals surface area contributed by atoms with Gasteiger partial charge in [-0.3, -0.25) is 4.79 Å². The Morgan fingerprint density at radius 3 is 2.83 bits per heavy atom. The Hall–Kier alpha value is -1.44. The van der Waals surface area contributed by atoms with Gasteiger partial charge in [0.25, 0.3) is 0 Å². The van der Waals surface area contributed by atoms with Gasteiger partial charge in [0.05, 0.1) is 11.8 Å². The third kappa shape index (κ3) is 5.76. The molecule has 0 fully saturated rings. The molecule has 3 nitrogen and oxygen atoms in total. The second kappa shape index (κ2) is 8.62. The molecule has 0 saturated carbocycles. The molecule has 1 aromatic carbocycles. The highest BCUT2D eigenvalue weighted by atomic mass is 32.2. The van der Waals surface area contributed by atoms with E-state index in [1.54, 1.807) is 11.8 Å². The fourth-order valence-electron chi connectivity index (χ4n) is 1.47. The summed E-state index contributed by atoms with van der Waals surface area (Å²) in [5, 5.41) is 2.81. The molecule has 0 radical (unpaired) electrons. The van der Waals surface area contributed by atoms with Crippen LogP contribution in [0, 0.1) is 12.3 Å². The summed E-state index contributed by atoms with van der Waals surface area (Å²) < 4.78 is 0. The van der Waals surface area contributed by atoms with E-state index in [2.05, 4.69) is 11.2 Å². The third-order valence-corrected chi connectivity index (χ3v) is 3.23. The summed E-state index contributed by atoms with van der Waals surface area (Å²) in [6, 6.07) is 9.27. The number of carbonyl (C=O) groups is 1. The fraction of sp³-hybridized carbons (Fsp3) is 0.357. The number of terminal acetylenes is 1. The predicted molar refractivity (Wildman–Crippen MR) is 77.3 cm³/mol. The number of carbonyl (C=O) groups excluding carboxylic acids is 1. The molecular formula is C14H18N2OS. The van der Waals surface area contributed by atoms with Crippen molar-refractivity contribution in [1.29, 1.82) is 0 Å². The van der Waals surface area contributed by atoms with Gasteiger partial charge in [0.1, 0.15) is 0 Å². The van der Waals surface area contributed by atoms with Crippen LogP contribution in [0.2, 0.25) is 0 Å². The minimum atomic E-state index is -0.495. The van der Waals surface area contributed by atoms with E-state index in [0.29, 0.717) is 18.7 Å². The summed E-state index contributed by atoms with van der Waals surface area (Å²) in [4.78, 5) is 11.7. The molecule has 0 saturated heterocycles. The molecule has 0 heterocycles. The van der Waals surface area contributed by atoms with E-state index in [0.717, 1.165) is 11.3 Å². The van der Waals surface area contributed by atoms with Gasteiger partial charge >= 0.3 is 0 Å². The van der Waals surface area contributed by atoms with Crippen LogP contribution in [0.3, 0.4) is 0 Å². The Balaban J connectivity index is 2.23. The summed E-state index contributed by atoms with van der Waals surface area (Å²) in [6.07, 6.45) is 5.69. The highest BCUT2D eigenvalue weighted by Gasteiger charge is 2.12. The lowest BCUT2D eigenvalue weighted by atomic mass is 10.1. The summed E-state index contributed by atoms with van der Waals surface area (Å²) in [6.45, 7) is 0.605. The van der Waals surface area contributed by atoms with Crippen LogP contribution in [-0.4, -0.2) is 30.0 Å². The maximum atomic E-state index is 11.7. The zero-order chi connectivity index (χ0) is 13.2. The summed E-state index contributed by atoms with van der Waals surface area (Å²) >= 11 is 1.62. The number of hydrogen-bond donors (Lipinski definition) is 2. The molecule has 96 valence electrons. The first kappa shape index (κ1) is 14.6. The van der Waals surface area contributed by atoms with Gasteiger partial charge in [-0.1, -0.05) is 36.3 Å². The Kier molecular flexibility index (Phi) is 7.00. The van der Waals surface area contributed by atoms with Crippen LogP contribution >= 0.6 is 11.8 Å². The number of rotatable bonds is 7. The maximum absolute atomic E-state index is 11.7. The zero-order valence-electron chi connectivity index (χ0n) is 10.3. The van der Waals surface area contributed by atoms with E-state index < -0.39 is 6.04 Å². The average molecular weight is 262 g/mol. The van der Waals surface area contributed by atoms with Crippen molar-refractivity contribution in [3.8, 4) is 12.3 Å². The van der Waals surface area contributed by atoms with Gasteiger partial charge in [-0.15, -0.1) is 18.2 Å². The largest absolute Gasteiger partial charge is 0.354 e. The summed E-state index contributed by atoms with van der Waals surface area (Å²) in [5.41, 5.74) is 6.91. The van der Waals surface area contributed by atoms with Gasteiger partial charge in [-0.25, -0.2) is 0 Å². The zero-order valence-corrected chi connectivity index (χ0v) is 11.1. The Bertz CT molecular complexity index is 400. The van der Waals surface area contributed by atoms with Crippen molar-refractivity contribution in [2.24, 2.45) is 5.73 Å². The third-order valence-electron chi connectivity index (χ3n) is 2.37. The van der Waals surface area contributed by atoms with E-state index in [1.165, 1.54) is 0 Å². The molecule has 0 aliphatic carbocycles. The number of nitrogens with two attached hydrogens (primary N) is 1. The number of benzene rings is 1. The lowest BCUT2D eigenvalue weighted by Crippen LogP contribution is -2.42. The quantitative estimate of drug-likeness (QED) is 0.570. The molecule has 18 heavy (non-hydrogen) atoms. The van der Waals surface area contributed by atoms with E-state index >= 15 is 0 Å². The molecule has 4 heteroatoms. The number of thioether (sulfide) groups is 1. The summed E-state index contributed by atoms with van der Waals surface area (Å²) in [5.74, 6) is 3.91. The smallest absolute Gasteiger partial charge is 0.237 e. The van der Waals surface area contributed by atoms with E-state index in [9.17, 15) is 4.79 Å². The molecule has 1 atom stereocenters. The molecule has 1 amide bonds. The second-order valence-corrected chi connectivity index (χ2v) is 4.95. The Morgan fingerprint density at radius 1 is 1.44 bits per heavy atom. The van der Waals surface area contributed by atoms with Gasteiger partial charge in [0.15, 0.2) is 0 Å². The minimum absolute atomic E-state index is 0.111. The van der Waals surface area contributed by atoms with E-state index in [4.69, 9.17) is 12.2 Å². The molecule has 1 rings (SSSR count). The van der Waals surface area contributed by atoms with Crippen molar-refractivity contribution < 1.29 is 4.79 Å². The predicted octanol–water partition coefficient (Wildman–Crippen LogP) is 1.04. The molecule has 0 bridgehead atoms. The van der Waals surface area contributed by atoms with Crippen molar-refractivity contribution in [1.82, 2.24) is 5.32 Å². The summed E-state index contributed by atoms with van der Waals surface area (Å²) in [7, 11) is 0. The molecule has 3 N–H and O–H groups in total. The van der Waals surface area contributed by atoms with Gasteiger partial charge in [-0.05, 0) is 12.0 Å². The van der Waals surface area contributed by atoms with Crippen molar-refractivity contribution in [2.75, 3.05) is 18.1 Å². The van der Waals surface area contributed by atoms with Crippen LogP contribution in [0.15, 0.2) is 30.3 Å². The molecule has 0 aromatic heterocycles. The molecule has 0 aliphatic rings. The SMILES string of the molecule is C#CCSCCNC(=O)C(N)Cc1ccccc1. The highest BCUT2D eigenvalue weighted by Crippen LogP contribution is 2.02. The van der Waals surface area contributed by atoms with E-state index in [1.807, 2.05) is 30.3 Å². The normalized spacial score (nSPS) is 11.6. The van der Waals surface area contributed by atoms with Crippen LogP contribution in [-0.2, 0) is 11.2 Å². The van der Waals surface area contributed by atoms with Crippen molar-refractivity contribution in [2.45, 2.75) is 12.5 Å². The molecule has 1 unspecified atom stereocenters. The van der Waals surface area contributed by atoms with Crippen LogP contribution in [0.1, 0.15) is 5.56 Å². The van der Waals surface area contributed by atoms with E-state index in [-0.39, 0.29) is 5.91 Å². The van der Waals surface area contributed by atoms with Gasteiger partial charge in [0, 0.05) is 12.3 Å². The highest BCUT2D eigenvalue weighted by molar-refractivity contribution is 7.99.